The van der Waals surface area contributed by atoms with Crippen LogP contribution in [0.25, 0.3) is 0 Å². The van der Waals surface area contributed by atoms with Crippen LogP contribution in [0.4, 0.5) is 5.69 Å². The van der Waals surface area contributed by atoms with Gasteiger partial charge in [0.05, 0.1) is 6.61 Å². The van der Waals surface area contributed by atoms with Gasteiger partial charge in [-0.3, -0.25) is 9.59 Å². The van der Waals surface area contributed by atoms with Crippen LogP contribution in [0, 0.1) is 6.92 Å². The van der Waals surface area contributed by atoms with Crippen molar-refractivity contribution in [3.63, 3.8) is 0 Å². The number of rotatable bonds is 6. The van der Waals surface area contributed by atoms with Gasteiger partial charge in [-0.05, 0) is 37.3 Å². The van der Waals surface area contributed by atoms with E-state index in [0.29, 0.717) is 30.0 Å². The Morgan fingerprint density at radius 2 is 1.74 bits per heavy atom. The molecule has 0 saturated carbocycles. The van der Waals surface area contributed by atoms with Crippen molar-refractivity contribution in [2.45, 2.75) is 6.92 Å². The number of carbonyl (C=O) groups is 2. The fraction of sp³-hybridized carbons (Fsp3) is 0.222. The number of nitrogens with one attached hydrogen (secondary N) is 2. The monoisotopic (exact) mass is 312 g/mol. The standard InChI is InChI=1S/C18H20N2O3/c1-13-6-8-14(9-7-13)18(22)20-16-5-3-4-15(12-16)17(21)19-10-11-23-2/h3-9,12H,10-11H2,1-2H3,(H,19,21)(H,20,22). The van der Waals surface area contributed by atoms with Crippen molar-refractivity contribution in [3.8, 4) is 0 Å². The molecule has 23 heavy (non-hydrogen) atoms. The fourth-order valence-electron chi connectivity index (χ4n) is 2.02. The third kappa shape index (κ3) is 4.93. The summed E-state index contributed by atoms with van der Waals surface area (Å²) in [6, 6.07) is 14.1. The second-order valence-corrected chi connectivity index (χ2v) is 5.15. The van der Waals surface area contributed by atoms with Gasteiger partial charge in [-0.2, -0.15) is 0 Å². The molecule has 0 heterocycles. The number of hydrogen-bond donors (Lipinski definition) is 2. The quantitative estimate of drug-likeness (QED) is 0.806. The van der Waals surface area contributed by atoms with Crippen LogP contribution in [0.5, 0.6) is 0 Å². The maximum absolute atomic E-state index is 12.2. The first kappa shape index (κ1) is 16.7. The first-order valence-corrected chi connectivity index (χ1v) is 7.35. The molecule has 0 spiro atoms. The Morgan fingerprint density at radius 3 is 2.43 bits per heavy atom. The number of ether oxygens (including phenoxy) is 1. The maximum Gasteiger partial charge on any atom is 0.255 e. The predicted molar refractivity (Wildman–Crippen MR) is 89.8 cm³/mol. The SMILES string of the molecule is COCCNC(=O)c1cccc(NC(=O)c2ccc(C)cc2)c1. The second-order valence-electron chi connectivity index (χ2n) is 5.15. The highest BCUT2D eigenvalue weighted by atomic mass is 16.5. The van der Waals surface area contributed by atoms with E-state index in [4.69, 9.17) is 4.74 Å². The number of amides is 2. The highest BCUT2D eigenvalue weighted by Crippen LogP contribution is 2.13. The molecular formula is C18H20N2O3. The lowest BCUT2D eigenvalue weighted by Crippen LogP contribution is -2.27. The van der Waals surface area contributed by atoms with Gasteiger partial charge in [0.2, 0.25) is 0 Å². The van der Waals surface area contributed by atoms with E-state index in [1.54, 1.807) is 43.5 Å². The molecule has 0 unspecified atom stereocenters. The minimum absolute atomic E-state index is 0.200. The third-order valence-electron chi connectivity index (χ3n) is 3.29. The Labute approximate surface area is 135 Å². The largest absolute Gasteiger partial charge is 0.383 e. The molecule has 0 radical (unpaired) electrons. The van der Waals surface area contributed by atoms with Gasteiger partial charge in [-0.1, -0.05) is 23.8 Å². The van der Waals surface area contributed by atoms with Crippen LogP contribution in [0.1, 0.15) is 26.3 Å². The highest BCUT2D eigenvalue weighted by molar-refractivity contribution is 6.05. The lowest BCUT2D eigenvalue weighted by atomic mass is 10.1. The van der Waals surface area contributed by atoms with Gasteiger partial charge >= 0.3 is 0 Å². The van der Waals surface area contributed by atoms with Crippen molar-refractivity contribution in [1.82, 2.24) is 5.32 Å². The molecule has 0 saturated heterocycles. The van der Waals surface area contributed by atoms with Crippen LogP contribution in [0.15, 0.2) is 48.5 Å². The molecule has 2 aromatic rings. The molecule has 0 aliphatic heterocycles. The van der Waals surface area contributed by atoms with Crippen LogP contribution in [-0.4, -0.2) is 32.1 Å². The Balaban J connectivity index is 2.03. The van der Waals surface area contributed by atoms with Crippen molar-refractivity contribution >= 4 is 17.5 Å². The molecule has 5 heteroatoms. The van der Waals surface area contributed by atoms with E-state index in [2.05, 4.69) is 10.6 Å². The first-order chi connectivity index (χ1) is 11.1. The topological polar surface area (TPSA) is 67.4 Å². The summed E-state index contributed by atoms with van der Waals surface area (Å²) in [6.07, 6.45) is 0. The van der Waals surface area contributed by atoms with E-state index >= 15 is 0 Å². The number of hydrogen-bond acceptors (Lipinski definition) is 3. The molecule has 0 bridgehead atoms. The highest BCUT2D eigenvalue weighted by Gasteiger charge is 2.09. The number of methoxy groups -OCH3 is 1. The molecule has 2 aromatic carbocycles. The normalized spacial score (nSPS) is 10.2. The summed E-state index contributed by atoms with van der Waals surface area (Å²) >= 11 is 0. The molecule has 0 fully saturated rings. The number of carbonyl (C=O) groups excluding carboxylic acids is 2. The van der Waals surface area contributed by atoms with Crippen molar-refractivity contribution < 1.29 is 14.3 Å². The fourth-order valence-corrected chi connectivity index (χ4v) is 2.02. The van der Waals surface area contributed by atoms with Crippen LogP contribution in [0.2, 0.25) is 0 Å². The van der Waals surface area contributed by atoms with Gasteiger partial charge in [0.1, 0.15) is 0 Å². The van der Waals surface area contributed by atoms with Gasteiger partial charge in [-0.25, -0.2) is 0 Å². The molecule has 2 amide bonds. The van der Waals surface area contributed by atoms with Gasteiger partial charge in [-0.15, -0.1) is 0 Å². The summed E-state index contributed by atoms with van der Waals surface area (Å²) in [6.45, 7) is 2.86. The van der Waals surface area contributed by atoms with Crippen molar-refractivity contribution in [2.75, 3.05) is 25.6 Å². The van der Waals surface area contributed by atoms with E-state index in [9.17, 15) is 9.59 Å². The molecule has 0 aliphatic rings. The lowest BCUT2D eigenvalue weighted by Gasteiger charge is -2.08. The molecule has 2 rings (SSSR count). The Kier molecular flexibility index (Phi) is 5.88. The van der Waals surface area contributed by atoms with E-state index in [1.165, 1.54) is 0 Å². The maximum atomic E-state index is 12.2. The molecule has 0 aliphatic carbocycles. The number of benzene rings is 2. The summed E-state index contributed by atoms with van der Waals surface area (Å²) in [5.41, 5.74) is 2.74. The van der Waals surface area contributed by atoms with Crippen molar-refractivity contribution in [1.29, 1.82) is 0 Å². The summed E-state index contributed by atoms with van der Waals surface area (Å²) in [4.78, 5) is 24.2. The third-order valence-corrected chi connectivity index (χ3v) is 3.29. The Hall–Kier alpha value is -2.66. The van der Waals surface area contributed by atoms with Crippen LogP contribution in [0.3, 0.4) is 0 Å². The van der Waals surface area contributed by atoms with Crippen molar-refractivity contribution in [2.24, 2.45) is 0 Å². The molecule has 0 aromatic heterocycles. The van der Waals surface area contributed by atoms with Gasteiger partial charge in [0, 0.05) is 30.5 Å². The number of anilines is 1. The van der Waals surface area contributed by atoms with E-state index < -0.39 is 0 Å². The van der Waals surface area contributed by atoms with Gasteiger partial charge in [0.25, 0.3) is 11.8 Å². The Morgan fingerprint density at radius 1 is 1.00 bits per heavy atom. The minimum Gasteiger partial charge on any atom is -0.383 e. The van der Waals surface area contributed by atoms with Crippen LogP contribution >= 0.6 is 0 Å². The molecule has 2 N–H and O–H groups in total. The predicted octanol–water partition coefficient (Wildman–Crippen LogP) is 2.62. The van der Waals surface area contributed by atoms with Crippen molar-refractivity contribution in [3.05, 3.63) is 65.2 Å². The van der Waals surface area contributed by atoms with Crippen LogP contribution < -0.4 is 10.6 Å². The molecule has 5 nitrogen and oxygen atoms in total. The van der Waals surface area contributed by atoms with E-state index in [0.717, 1.165) is 5.56 Å². The molecule has 0 atom stereocenters. The van der Waals surface area contributed by atoms with Gasteiger partial charge in [0.15, 0.2) is 0 Å². The molecule has 120 valence electrons. The second kappa shape index (κ2) is 8.10. The smallest absolute Gasteiger partial charge is 0.255 e. The average Bonchev–Trinajstić information content (AvgIpc) is 2.56. The number of aryl methyl sites for hydroxylation is 1. The van der Waals surface area contributed by atoms with Crippen LogP contribution in [-0.2, 0) is 4.74 Å². The lowest BCUT2D eigenvalue weighted by molar-refractivity contribution is 0.0936. The van der Waals surface area contributed by atoms with Gasteiger partial charge < -0.3 is 15.4 Å². The zero-order valence-electron chi connectivity index (χ0n) is 13.3. The zero-order valence-corrected chi connectivity index (χ0v) is 13.3. The summed E-state index contributed by atoms with van der Waals surface area (Å²) < 4.78 is 4.89. The van der Waals surface area contributed by atoms with E-state index in [-0.39, 0.29) is 11.8 Å². The Bertz CT molecular complexity index is 681. The average molecular weight is 312 g/mol. The van der Waals surface area contributed by atoms with E-state index in [1.807, 2.05) is 19.1 Å². The first-order valence-electron chi connectivity index (χ1n) is 7.35. The summed E-state index contributed by atoms with van der Waals surface area (Å²) in [5.74, 6) is -0.407. The minimum atomic E-state index is -0.207. The summed E-state index contributed by atoms with van der Waals surface area (Å²) in [5, 5.41) is 5.54. The molecular weight excluding hydrogens is 292 g/mol. The summed E-state index contributed by atoms with van der Waals surface area (Å²) in [7, 11) is 1.58. The zero-order chi connectivity index (χ0) is 16.7.